The van der Waals surface area contributed by atoms with Crippen molar-refractivity contribution in [3.05, 3.63) is 31.0 Å². The molecule has 41 valence electrons. The zero-order valence-corrected chi connectivity index (χ0v) is 4.13. The fourth-order valence-electron chi connectivity index (χ4n) is 0.339. The Labute approximate surface area is 46.4 Å². The molecule has 0 aliphatic rings. The SMILES string of the molecule is [CH2]c1ncc(F)cn1. The lowest BCUT2D eigenvalue weighted by atomic mass is 10.6. The first-order valence-electron chi connectivity index (χ1n) is 2.08. The van der Waals surface area contributed by atoms with Gasteiger partial charge in [0.15, 0.2) is 5.82 Å². The molecule has 0 atom stereocenters. The van der Waals surface area contributed by atoms with E-state index >= 15 is 0 Å². The molecule has 0 bridgehead atoms. The lowest BCUT2D eigenvalue weighted by Crippen LogP contribution is -1.85. The van der Waals surface area contributed by atoms with Gasteiger partial charge in [0, 0.05) is 6.92 Å². The lowest BCUT2D eigenvalue weighted by molar-refractivity contribution is 0.612. The fourth-order valence-corrected chi connectivity index (χ4v) is 0.339. The van der Waals surface area contributed by atoms with Crippen molar-refractivity contribution in [3.63, 3.8) is 0 Å². The molecular weight excluding hydrogens is 107 g/mol. The molecule has 1 radical (unpaired) electrons. The van der Waals surface area contributed by atoms with Gasteiger partial charge in [-0.2, -0.15) is 0 Å². The summed E-state index contributed by atoms with van der Waals surface area (Å²) in [6, 6.07) is 0. The van der Waals surface area contributed by atoms with Crippen molar-refractivity contribution in [2.45, 2.75) is 0 Å². The minimum atomic E-state index is -0.433. The Morgan fingerprint density at radius 1 is 1.38 bits per heavy atom. The van der Waals surface area contributed by atoms with Gasteiger partial charge in [0.05, 0.1) is 12.4 Å². The molecule has 3 heteroatoms. The highest BCUT2D eigenvalue weighted by molar-refractivity contribution is 4.92. The predicted octanol–water partition coefficient (Wildman–Crippen LogP) is 0.798. The van der Waals surface area contributed by atoms with Gasteiger partial charge < -0.3 is 0 Å². The summed E-state index contributed by atoms with van der Waals surface area (Å²) in [5.74, 6) is -0.0937. The van der Waals surface area contributed by atoms with Crippen LogP contribution >= 0.6 is 0 Å². The molecule has 0 saturated carbocycles. The lowest BCUT2D eigenvalue weighted by Gasteiger charge is -1.85. The van der Waals surface area contributed by atoms with Crippen LogP contribution in [0.1, 0.15) is 5.82 Å². The van der Waals surface area contributed by atoms with Crippen LogP contribution in [-0.4, -0.2) is 9.97 Å². The molecule has 0 saturated heterocycles. The van der Waals surface area contributed by atoms with Crippen molar-refractivity contribution in [3.8, 4) is 0 Å². The molecule has 0 unspecified atom stereocenters. The molecular formula is C5H4FN2. The van der Waals surface area contributed by atoms with Gasteiger partial charge in [-0.15, -0.1) is 0 Å². The molecule has 8 heavy (non-hydrogen) atoms. The van der Waals surface area contributed by atoms with Gasteiger partial charge in [0.25, 0.3) is 0 Å². The van der Waals surface area contributed by atoms with Gasteiger partial charge in [-0.1, -0.05) is 0 Å². The molecule has 1 aromatic heterocycles. The van der Waals surface area contributed by atoms with Crippen molar-refractivity contribution in [2.24, 2.45) is 0 Å². The van der Waals surface area contributed by atoms with Crippen LogP contribution in [0.25, 0.3) is 0 Å². The summed E-state index contributed by atoms with van der Waals surface area (Å²) >= 11 is 0. The first-order valence-corrected chi connectivity index (χ1v) is 2.08. The van der Waals surface area contributed by atoms with Crippen LogP contribution in [0.4, 0.5) is 4.39 Å². The zero-order valence-electron chi connectivity index (χ0n) is 4.13. The van der Waals surface area contributed by atoms with E-state index in [0.29, 0.717) is 5.82 Å². The van der Waals surface area contributed by atoms with E-state index in [-0.39, 0.29) is 0 Å². The van der Waals surface area contributed by atoms with Crippen LogP contribution in [0.2, 0.25) is 0 Å². The summed E-state index contributed by atoms with van der Waals surface area (Å²) in [7, 11) is 0. The zero-order chi connectivity index (χ0) is 5.98. The third-order valence-corrected chi connectivity index (χ3v) is 0.674. The first-order chi connectivity index (χ1) is 3.79. The van der Waals surface area contributed by atoms with E-state index in [2.05, 4.69) is 16.9 Å². The minimum Gasteiger partial charge on any atom is -0.238 e. The largest absolute Gasteiger partial charge is 0.238 e. The Morgan fingerprint density at radius 3 is 2.25 bits per heavy atom. The quantitative estimate of drug-likeness (QED) is 0.494. The van der Waals surface area contributed by atoms with E-state index in [1.807, 2.05) is 0 Å². The van der Waals surface area contributed by atoms with Gasteiger partial charge in [-0.3, -0.25) is 0 Å². The average molecular weight is 111 g/mol. The fraction of sp³-hybridized carbons (Fsp3) is 0. The summed E-state index contributed by atoms with van der Waals surface area (Å²) in [6.45, 7) is 3.37. The molecule has 0 spiro atoms. The standard InChI is InChI=1S/C5H4FN2/c1-4-7-2-5(6)3-8-4/h2-3H,1H2. The van der Waals surface area contributed by atoms with Crippen LogP contribution in [-0.2, 0) is 0 Å². The normalized spacial score (nSPS) is 9.25. The highest BCUT2D eigenvalue weighted by atomic mass is 19.1. The van der Waals surface area contributed by atoms with Gasteiger partial charge in [0.1, 0.15) is 5.82 Å². The molecule has 0 aliphatic carbocycles. The third-order valence-electron chi connectivity index (χ3n) is 0.674. The summed E-state index contributed by atoms with van der Waals surface area (Å²) in [6.07, 6.45) is 2.16. The topological polar surface area (TPSA) is 25.8 Å². The van der Waals surface area contributed by atoms with Gasteiger partial charge in [0.2, 0.25) is 0 Å². The number of hydrogen-bond donors (Lipinski definition) is 0. The summed E-state index contributed by atoms with van der Waals surface area (Å²) < 4.78 is 11.9. The summed E-state index contributed by atoms with van der Waals surface area (Å²) in [4.78, 5) is 6.96. The summed E-state index contributed by atoms with van der Waals surface area (Å²) in [5.41, 5.74) is 0. The third kappa shape index (κ3) is 0.992. The van der Waals surface area contributed by atoms with Crippen LogP contribution in [0.15, 0.2) is 12.4 Å². The smallest absolute Gasteiger partial charge is 0.159 e. The Kier molecular flexibility index (Phi) is 1.20. The second-order valence-corrected chi connectivity index (χ2v) is 1.32. The second kappa shape index (κ2) is 1.86. The number of hydrogen-bond acceptors (Lipinski definition) is 2. The van der Waals surface area contributed by atoms with Crippen molar-refractivity contribution >= 4 is 0 Å². The molecule has 0 N–H and O–H groups in total. The predicted molar refractivity (Wildman–Crippen MR) is 26.4 cm³/mol. The first kappa shape index (κ1) is 5.15. The van der Waals surface area contributed by atoms with Gasteiger partial charge in [-0.05, 0) is 0 Å². The van der Waals surface area contributed by atoms with Gasteiger partial charge >= 0.3 is 0 Å². The van der Waals surface area contributed by atoms with E-state index in [1.54, 1.807) is 0 Å². The molecule has 0 aliphatic heterocycles. The monoisotopic (exact) mass is 111 g/mol. The molecule has 0 aromatic carbocycles. The number of halogens is 1. The van der Waals surface area contributed by atoms with E-state index in [4.69, 9.17) is 0 Å². The van der Waals surface area contributed by atoms with Gasteiger partial charge in [-0.25, -0.2) is 14.4 Å². The number of nitrogens with zero attached hydrogens (tertiary/aromatic N) is 2. The van der Waals surface area contributed by atoms with E-state index in [1.165, 1.54) is 0 Å². The Bertz CT molecular complexity index is 149. The maximum absolute atomic E-state index is 11.9. The van der Waals surface area contributed by atoms with Crippen LogP contribution in [0, 0.1) is 12.7 Å². The Hall–Kier alpha value is -0.990. The van der Waals surface area contributed by atoms with Crippen molar-refractivity contribution in [2.75, 3.05) is 0 Å². The van der Waals surface area contributed by atoms with E-state index in [9.17, 15) is 4.39 Å². The average Bonchev–Trinajstić information content (AvgIpc) is 1.77. The second-order valence-electron chi connectivity index (χ2n) is 1.32. The molecule has 0 fully saturated rings. The Balaban J connectivity index is 3.03. The number of aromatic nitrogens is 2. The molecule has 1 aromatic rings. The van der Waals surface area contributed by atoms with Crippen molar-refractivity contribution in [1.82, 2.24) is 9.97 Å². The van der Waals surface area contributed by atoms with Crippen LogP contribution < -0.4 is 0 Å². The maximum atomic E-state index is 11.9. The van der Waals surface area contributed by atoms with Crippen LogP contribution in [0.5, 0.6) is 0 Å². The van der Waals surface area contributed by atoms with E-state index < -0.39 is 5.82 Å². The van der Waals surface area contributed by atoms with Crippen LogP contribution in [0.3, 0.4) is 0 Å². The highest BCUT2D eigenvalue weighted by Crippen LogP contribution is 1.89. The van der Waals surface area contributed by atoms with E-state index in [0.717, 1.165) is 12.4 Å². The maximum Gasteiger partial charge on any atom is 0.159 e. The Morgan fingerprint density at radius 2 is 1.88 bits per heavy atom. The molecule has 2 nitrogen and oxygen atoms in total. The van der Waals surface area contributed by atoms with Crippen molar-refractivity contribution in [1.29, 1.82) is 0 Å². The molecule has 0 amide bonds. The molecule has 1 heterocycles. The number of rotatable bonds is 0. The highest BCUT2D eigenvalue weighted by Gasteiger charge is 1.86. The minimum absolute atomic E-state index is 0.339. The molecule has 1 rings (SSSR count). The summed E-state index contributed by atoms with van der Waals surface area (Å²) in [5, 5.41) is 0. The van der Waals surface area contributed by atoms with Crippen molar-refractivity contribution < 1.29 is 4.39 Å².